The number of piperidine rings is 1. The first-order chi connectivity index (χ1) is 15.0. The van der Waals surface area contributed by atoms with E-state index >= 15 is 0 Å². The first-order valence-corrected chi connectivity index (χ1v) is 11.5. The van der Waals surface area contributed by atoms with Crippen molar-refractivity contribution < 1.29 is 9.59 Å². The maximum Gasteiger partial charge on any atom is 0.278 e. The molecule has 0 aliphatic carbocycles. The molecule has 1 fully saturated rings. The summed E-state index contributed by atoms with van der Waals surface area (Å²) in [5, 5.41) is 8.29. The normalized spacial score (nSPS) is 18.3. The van der Waals surface area contributed by atoms with Crippen LogP contribution in [0.15, 0.2) is 30.3 Å². The van der Waals surface area contributed by atoms with E-state index in [9.17, 15) is 9.59 Å². The maximum absolute atomic E-state index is 13.3. The molecular formula is C23H25N5O2S. The van der Waals surface area contributed by atoms with Crippen LogP contribution in [0.2, 0.25) is 0 Å². The van der Waals surface area contributed by atoms with Gasteiger partial charge in [-0.15, -0.1) is 11.3 Å². The van der Waals surface area contributed by atoms with Gasteiger partial charge >= 0.3 is 0 Å². The van der Waals surface area contributed by atoms with Gasteiger partial charge in [0.1, 0.15) is 4.88 Å². The second kappa shape index (κ2) is 7.92. The van der Waals surface area contributed by atoms with E-state index in [1.807, 2.05) is 43.0 Å². The molecule has 2 amide bonds. The third-order valence-corrected chi connectivity index (χ3v) is 7.23. The number of hydrogen-bond donors (Lipinski definition) is 1. The topological polar surface area (TPSA) is 82.2 Å². The lowest BCUT2D eigenvalue weighted by Gasteiger charge is -2.34. The Morgan fingerprint density at radius 2 is 1.97 bits per heavy atom. The molecule has 2 aromatic heterocycles. The van der Waals surface area contributed by atoms with Gasteiger partial charge in [-0.25, -0.2) is 4.98 Å². The van der Waals surface area contributed by atoms with Gasteiger partial charge in [-0.1, -0.05) is 18.2 Å². The Bertz CT molecular complexity index is 1150. The number of fused-ring (bicyclic) bond motifs is 1. The summed E-state index contributed by atoms with van der Waals surface area (Å²) < 4.78 is 0. The van der Waals surface area contributed by atoms with Crippen LogP contribution in [-0.4, -0.2) is 45.0 Å². The molecule has 1 aromatic carbocycles. The Hall–Kier alpha value is -3.00. The molecule has 2 aliphatic rings. The van der Waals surface area contributed by atoms with Crippen molar-refractivity contribution in [1.82, 2.24) is 20.1 Å². The number of aromatic nitrogens is 3. The first-order valence-electron chi connectivity index (χ1n) is 10.7. The van der Waals surface area contributed by atoms with E-state index in [1.54, 1.807) is 4.90 Å². The molecule has 31 heavy (non-hydrogen) atoms. The number of benzene rings is 1. The van der Waals surface area contributed by atoms with Crippen LogP contribution in [0.25, 0.3) is 0 Å². The third kappa shape index (κ3) is 3.54. The van der Waals surface area contributed by atoms with Gasteiger partial charge in [0.25, 0.3) is 11.8 Å². The van der Waals surface area contributed by atoms with Crippen molar-refractivity contribution in [3.63, 3.8) is 0 Å². The van der Waals surface area contributed by atoms with Crippen LogP contribution in [0.3, 0.4) is 0 Å². The van der Waals surface area contributed by atoms with E-state index in [0.717, 1.165) is 47.8 Å². The van der Waals surface area contributed by atoms with Crippen LogP contribution in [0, 0.1) is 13.8 Å². The molecule has 1 saturated heterocycles. The summed E-state index contributed by atoms with van der Waals surface area (Å²) in [6.45, 7) is 5.17. The Kier molecular flexibility index (Phi) is 5.09. The van der Waals surface area contributed by atoms with Gasteiger partial charge in [-0.3, -0.25) is 14.7 Å². The largest absolute Gasteiger partial charge is 0.329 e. The zero-order valence-electron chi connectivity index (χ0n) is 17.7. The zero-order valence-corrected chi connectivity index (χ0v) is 18.5. The van der Waals surface area contributed by atoms with E-state index in [2.05, 4.69) is 21.2 Å². The number of likely N-dealkylation sites (tertiary alicyclic amines) is 1. The van der Waals surface area contributed by atoms with Crippen LogP contribution in [0.5, 0.6) is 0 Å². The number of hydrogen-bond acceptors (Lipinski definition) is 5. The SMILES string of the molecule is Cc1nc(C)c(C(=O)N2CCCCC2c2cc(C(=O)N3CCc4ccccc43)n[nH]2)s1. The highest BCUT2D eigenvalue weighted by molar-refractivity contribution is 7.13. The van der Waals surface area contributed by atoms with Gasteiger partial charge < -0.3 is 9.80 Å². The summed E-state index contributed by atoms with van der Waals surface area (Å²) in [4.78, 5) is 35.3. The second-order valence-electron chi connectivity index (χ2n) is 8.20. The molecular weight excluding hydrogens is 410 g/mol. The van der Waals surface area contributed by atoms with E-state index < -0.39 is 0 Å². The van der Waals surface area contributed by atoms with Crippen LogP contribution in [0.4, 0.5) is 5.69 Å². The molecule has 0 spiro atoms. The minimum absolute atomic E-state index is 0.0174. The summed E-state index contributed by atoms with van der Waals surface area (Å²) in [5.74, 6) is -0.0844. The summed E-state index contributed by atoms with van der Waals surface area (Å²) in [6.07, 6.45) is 3.73. The average Bonchev–Trinajstić information content (AvgIpc) is 3.51. The molecule has 7 nitrogen and oxygen atoms in total. The minimum atomic E-state index is -0.108. The zero-order chi connectivity index (χ0) is 21.5. The van der Waals surface area contributed by atoms with Gasteiger partial charge in [-0.05, 0) is 57.2 Å². The fourth-order valence-corrected chi connectivity index (χ4v) is 5.54. The molecule has 3 aromatic rings. The number of carbonyl (C=O) groups excluding carboxylic acids is 2. The monoisotopic (exact) mass is 435 g/mol. The quantitative estimate of drug-likeness (QED) is 0.673. The molecule has 0 bridgehead atoms. The summed E-state index contributed by atoms with van der Waals surface area (Å²) in [5.41, 5.74) is 4.15. The first kappa shape index (κ1) is 19.9. The molecule has 2 aliphatic heterocycles. The summed E-state index contributed by atoms with van der Waals surface area (Å²) >= 11 is 1.44. The van der Waals surface area contributed by atoms with Crippen LogP contribution >= 0.6 is 11.3 Å². The number of anilines is 1. The Morgan fingerprint density at radius 1 is 1.13 bits per heavy atom. The molecule has 1 unspecified atom stereocenters. The molecule has 1 atom stereocenters. The van der Waals surface area contributed by atoms with Gasteiger partial charge in [0.2, 0.25) is 0 Å². The molecule has 0 saturated carbocycles. The minimum Gasteiger partial charge on any atom is -0.329 e. The van der Waals surface area contributed by atoms with E-state index in [4.69, 9.17) is 0 Å². The molecule has 5 rings (SSSR count). The number of rotatable bonds is 3. The fourth-order valence-electron chi connectivity index (χ4n) is 4.66. The molecule has 4 heterocycles. The predicted molar refractivity (Wildman–Crippen MR) is 120 cm³/mol. The number of amides is 2. The van der Waals surface area contributed by atoms with Gasteiger partial charge in [0.05, 0.1) is 22.4 Å². The lowest BCUT2D eigenvalue weighted by Crippen LogP contribution is -2.38. The summed E-state index contributed by atoms with van der Waals surface area (Å²) in [6, 6.07) is 9.71. The highest BCUT2D eigenvalue weighted by Gasteiger charge is 2.33. The maximum atomic E-state index is 13.3. The molecule has 0 radical (unpaired) electrons. The second-order valence-corrected chi connectivity index (χ2v) is 9.40. The van der Waals surface area contributed by atoms with E-state index in [0.29, 0.717) is 23.7 Å². The van der Waals surface area contributed by atoms with Crippen molar-refractivity contribution in [3.8, 4) is 0 Å². The van der Waals surface area contributed by atoms with Crippen molar-refractivity contribution in [2.45, 2.75) is 45.6 Å². The summed E-state index contributed by atoms with van der Waals surface area (Å²) in [7, 11) is 0. The highest BCUT2D eigenvalue weighted by atomic mass is 32.1. The molecule has 160 valence electrons. The van der Waals surface area contributed by atoms with Crippen molar-refractivity contribution in [2.24, 2.45) is 0 Å². The number of para-hydroxylation sites is 1. The number of thiazole rings is 1. The number of nitrogens with zero attached hydrogens (tertiary/aromatic N) is 4. The Labute approximate surface area is 185 Å². The fraction of sp³-hybridized carbons (Fsp3) is 0.391. The van der Waals surface area contributed by atoms with Crippen molar-refractivity contribution >= 4 is 28.8 Å². The Balaban J connectivity index is 1.39. The van der Waals surface area contributed by atoms with Crippen molar-refractivity contribution in [1.29, 1.82) is 0 Å². The number of aryl methyl sites for hydroxylation is 2. The lowest BCUT2D eigenvalue weighted by atomic mass is 9.98. The number of aromatic amines is 1. The third-order valence-electron chi connectivity index (χ3n) is 6.17. The Morgan fingerprint density at radius 3 is 2.77 bits per heavy atom. The van der Waals surface area contributed by atoms with Gasteiger partial charge in [0.15, 0.2) is 5.69 Å². The predicted octanol–water partition coefficient (Wildman–Crippen LogP) is 4.05. The smallest absolute Gasteiger partial charge is 0.278 e. The average molecular weight is 436 g/mol. The highest BCUT2D eigenvalue weighted by Crippen LogP contribution is 2.34. The number of nitrogens with one attached hydrogen (secondary N) is 1. The van der Waals surface area contributed by atoms with E-state index in [1.165, 1.54) is 16.9 Å². The number of H-pyrrole nitrogens is 1. The van der Waals surface area contributed by atoms with Gasteiger partial charge in [0, 0.05) is 18.8 Å². The number of carbonyl (C=O) groups is 2. The van der Waals surface area contributed by atoms with Gasteiger partial charge in [-0.2, -0.15) is 5.10 Å². The standard InChI is InChI=1S/C23H25N5O2S/c1-14-21(31-15(2)24-14)23(30)27-11-6-5-9-20(27)17-13-18(26-25-17)22(29)28-12-10-16-7-3-4-8-19(16)28/h3-4,7-8,13,20H,5-6,9-12H2,1-2H3,(H,25,26). The van der Waals surface area contributed by atoms with E-state index in [-0.39, 0.29) is 17.9 Å². The van der Waals surface area contributed by atoms with Crippen molar-refractivity contribution in [3.05, 3.63) is 62.9 Å². The van der Waals surface area contributed by atoms with Crippen LogP contribution in [-0.2, 0) is 6.42 Å². The lowest BCUT2D eigenvalue weighted by molar-refractivity contribution is 0.0610. The van der Waals surface area contributed by atoms with Crippen LogP contribution < -0.4 is 4.90 Å². The molecule has 8 heteroatoms. The van der Waals surface area contributed by atoms with Crippen LogP contribution in [0.1, 0.15) is 67.4 Å². The van der Waals surface area contributed by atoms with Crippen molar-refractivity contribution in [2.75, 3.05) is 18.0 Å². The molecule has 1 N–H and O–H groups in total.